The number of carbonyl (C=O) groups excluding carboxylic acids is 1. The van der Waals surface area contributed by atoms with Crippen LogP contribution in [0.5, 0.6) is 0 Å². The van der Waals surface area contributed by atoms with Gasteiger partial charge in [0.05, 0.1) is 21.2 Å². The molecule has 2 aromatic heterocycles. The standard InChI is InChI=1S/C35H43BrN6O/c1-4-41-33(32(36)24(2)38-41)34(43)39-19-16-35(17-20-39,26-10-6-5-7-11-26)18-21-40-27-14-15-28(40)23-29(22-27)42-25(3)37-30-12-8-9-13-31(30)42/h5-13,27-29H,4,14-23H2,1-3H3/t27-,28?,29?/m0/s1. The highest BCUT2D eigenvalue weighted by Crippen LogP contribution is 2.45. The van der Waals surface area contributed by atoms with Gasteiger partial charge in [0.15, 0.2) is 0 Å². The van der Waals surface area contributed by atoms with Crippen molar-refractivity contribution >= 4 is 32.9 Å². The second-order valence-corrected chi connectivity index (χ2v) is 13.8. The molecule has 2 unspecified atom stereocenters. The van der Waals surface area contributed by atoms with Gasteiger partial charge in [-0.15, -0.1) is 0 Å². The lowest BCUT2D eigenvalue weighted by Crippen LogP contribution is -2.49. The van der Waals surface area contributed by atoms with Crippen LogP contribution < -0.4 is 0 Å². The summed E-state index contributed by atoms with van der Waals surface area (Å²) < 4.78 is 5.20. The number of aryl methyl sites for hydroxylation is 3. The van der Waals surface area contributed by atoms with E-state index in [2.05, 4.69) is 96.9 Å². The quantitative estimate of drug-likeness (QED) is 0.216. The van der Waals surface area contributed by atoms with Crippen molar-refractivity contribution in [3.63, 3.8) is 0 Å². The lowest BCUT2D eigenvalue weighted by atomic mass is 9.70. The largest absolute Gasteiger partial charge is 0.337 e. The summed E-state index contributed by atoms with van der Waals surface area (Å²) in [5, 5.41) is 4.57. The number of hydrogen-bond acceptors (Lipinski definition) is 4. The van der Waals surface area contributed by atoms with Crippen LogP contribution in [0.15, 0.2) is 59.1 Å². The van der Waals surface area contributed by atoms with Gasteiger partial charge < -0.3 is 9.47 Å². The summed E-state index contributed by atoms with van der Waals surface area (Å²) in [5.41, 5.74) is 5.48. The number of amides is 1. The Kier molecular flexibility index (Phi) is 7.70. The van der Waals surface area contributed by atoms with Gasteiger partial charge in [-0.05, 0) is 111 Å². The van der Waals surface area contributed by atoms with Crippen LogP contribution in [0.4, 0.5) is 0 Å². The average molecular weight is 644 g/mol. The molecule has 2 bridgehead atoms. The molecule has 0 N–H and O–H groups in total. The minimum atomic E-state index is 0.0869. The van der Waals surface area contributed by atoms with E-state index in [0.717, 1.165) is 60.4 Å². The van der Waals surface area contributed by atoms with Crippen molar-refractivity contribution < 1.29 is 4.79 Å². The molecule has 0 spiro atoms. The van der Waals surface area contributed by atoms with E-state index in [9.17, 15) is 4.79 Å². The molecule has 5 heterocycles. The molecular weight excluding hydrogens is 600 g/mol. The van der Waals surface area contributed by atoms with Gasteiger partial charge in [0.25, 0.3) is 5.91 Å². The highest BCUT2D eigenvalue weighted by atomic mass is 79.9. The number of aromatic nitrogens is 4. The van der Waals surface area contributed by atoms with Crippen LogP contribution in [0.1, 0.15) is 85.5 Å². The van der Waals surface area contributed by atoms with E-state index in [0.29, 0.717) is 30.4 Å². The van der Waals surface area contributed by atoms with E-state index >= 15 is 0 Å². The zero-order valence-electron chi connectivity index (χ0n) is 25.7. The van der Waals surface area contributed by atoms with Crippen LogP contribution in [-0.4, -0.2) is 66.8 Å². The fourth-order valence-electron chi connectivity index (χ4n) is 8.55. The molecule has 3 fully saturated rings. The number of likely N-dealkylation sites (tertiary alicyclic amines) is 1. The van der Waals surface area contributed by atoms with E-state index in [1.807, 2.05) is 18.5 Å². The first-order chi connectivity index (χ1) is 20.9. The van der Waals surface area contributed by atoms with Crippen LogP contribution in [0, 0.1) is 13.8 Å². The highest BCUT2D eigenvalue weighted by molar-refractivity contribution is 9.10. The second kappa shape index (κ2) is 11.5. The first kappa shape index (κ1) is 28.8. The van der Waals surface area contributed by atoms with Crippen molar-refractivity contribution in [2.24, 2.45) is 0 Å². The van der Waals surface area contributed by atoms with Gasteiger partial charge in [0, 0.05) is 37.8 Å². The van der Waals surface area contributed by atoms with Gasteiger partial charge >= 0.3 is 0 Å². The molecule has 0 radical (unpaired) electrons. The summed E-state index contributed by atoms with van der Waals surface area (Å²) in [7, 11) is 0. The number of hydrogen-bond donors (Lipinski definition) is 0. The molecule has 0 aliphatic carbocycles. The maximum Gasteiger partial charge on any atom is 0.273 e. The highest BCUT2D eigenvalue weighted by Gasteiger charge is 2.44. The Hall–Kier alpha value is -2.97. The number of para-hydroxylation sites is 2. The molecule has 7 nitrogen and oxygen atoms in total. The summed E-state index contributed by atoms with van der Waals surface area (Å²) in [6.07, 6.45) is 8.13. The number of benzene rings is 2. The number of rotatable bonds is 7. The van der Waals surface area contributed by atoms with Crippen molar-refractivity contribution in [3.05, 3.63) is 81.8 Å². The molecule has 3 atom stereocenters. The predicted octanol–water partition coefficient (Wildman–Crippen LogP) is 7.06. The zero-order chi connectivity index (χ0) is 29.7. The minimum absolute atomic E-state index is 0.0869. The Labute approximate surface area is 263 Å². The lowest BCUT2D eigenvalue weighted by Gasteiger charge is -2.45. The molecular formula is C35H43BrN6O. The Morgan fingerprint density at radius 2 is 1.63 bits per heavy atom. The molecule has 3 aliphatic rings. The van der Waals surface area contributed by atoms with E-state index in [1.165, 1.54) is 36.8 Å². The van der Waals surface area contributed by atoms with Gasteiger partial charge in [-0.3, -0.25) is 14.4 Å². The molecule has 7 rings (SSSR count). The minimum Gasteiger partial charge on any atom is -0.337 e. The summed E-state index contributed by atoms with van der Waals surface area (Å²) in [5.74, 6) is 1.24. The molecule has 2 aromatic carbocycles. The molecule has 3 saturated heterocycles. The van der Waals surface area contributed by atoms with E-state index in [4.69, 9.17) is 4.98 Å². The van der Waals surface area contributed by atoms with Crippen molar-refractivity contribution in [1.29, 1.82) is 0 Å². The third-order valence-corrected chi connectivity index (χ3v) is 11.7. The SMILES string of the molecule is CCn1nc(C)c(Br)c1C(=O)N1CCC(CCN2C3CC[C@H]2CC(n2c(C)nc4ccccc42)C3)(c2ccccc2)CC1. The van der Waals surface area contributed by atoms with Crippen LogP contribution in [0.25, 0.3) is 11.0 Å². The van der Waals surface area contributed by atoms with Crippen molar-refractivity contribution in [3.8, 4) is 0 Å². The average Bonchev–Trinajstić information content (AvgIpc) is 3.61. The number of halogens is 1. The van der Waals surface area contributed by atoms with Crippen molar-refractivity contribution in [2.75, 3.05) is 19.6 Å². The number of nitrogens with zero attached hydrogens (tertiary/aromatic N) is 6. The number of fused-ring (bicyclic) bond motifs is 3. The fourth-order valence-corrected chi connectivity index (χ4v) is 9.00. The molecule has 8 heteroatoms. The fraction of sp³-hybridized carbons (Fsp3) is 0.514. The molecule has 0 saturated carbocycles. The Morgan fingerprint density at radius 1 is 0.953 bits per heavy atom. The molecule has 1 amide bonds. The molecule has 43 heavy (non-hydrogen) atoms. The van der Waals surface area contributed by atoms with Gasteiger partial charge in [0.1, 0.15) is 11.5 Å². The normalized spacial score (nSPS) is 23.7. The third-order valence-electron chi connectivity index (χ3n) is 10.8. The number of imidazole rings is 1. The van der Waals surface area contributed by atoms with Crippen molar-refractivity contribution in [2.45, 2.75) is 95.8 Å². The van der Waals surface area contributed by atoms with Crippen LogP contribution in [0.3, 0.4) is 0 Å². The van der Waals surface area contributed by atoms with Gasteiger partial charge in [0.2, 0.25) is 0 Å². The zero-order valence-corrected chi connectivity index (χ0v) is 27.3. The summed E-state index contributed by atoms with van der Waals surface area (Å²) in [6, 6.07) is 21.5. The Balaban J connectivity index is 1.07. The smallest absolute Gasteiger partial charge is 0.273 e. The first-order valence-electron chi connectivity index (χ1n) is 16.2. The third kappa shape index (κ3) is 5.04. The lowest BCUT2D eigenvalue weighted by molar-refractivity contribution is 0.0596. The molecule has 3 aliphatic heterocycles. The maximum absolute atomic E-state index is 13.7. The van der Waals surface area contributed by atoms with Crippen LogP contribution in [-0.2, 0) is 12.0 Å². The predicted molar refractivity (Wildman–Crippen MR) is 174 cm³/mol. The Morgan fingerprint density at radius 3 is 2.33 bits per heavy atom. The molecule has 4 aromatic rings. The van der Waals surface area contributed by atoms with Crippen molar-refractivity contribution in [1.82, 2.24) is 29.1 Å². The summed E-state index contributed by atoms with van der Waals surface area (Å²) >= 11 is 3.65. The first-order valence-corrected chi connectivity index (χ1v) is 16.9. The van der Waals surface area contributed by atoms with Gasteiger partial charge in [-0.2, -0.15) is 5.10 Å². The second-order valence-electron chi connectivity index (χ2n) is 13.0. The maximum atomic E-state index is 13.7. The van der Waals surface area contributed by atoms with Crippen LogP contribution >= 0.6 is 15.9 Å². The topological polar surface area (TPSA) is 59.2 Å². The summed E-state index contributed by atoms with van der Waals surface area (Å²) in [4.78, 5) is 23.5. The molecule has 226 valence electrons. The van der Waals surface area contributed by atoms with Gasteiger partial charge in [-0.25, -0.2) is 4.98 Å². The van der Waals surface area contributed by atoms with Gasteiger partial charge in [-0.1, -0.05) is 42.5 Å². The van der Waals surface area contributed by atoms with E-state index in [-0.39, 0.29) is 11.3 Å². The Bertz CT molecular complexity index is 1600. The van der Waals surface area contributed by atoms with E-state index in [1.54, 1.807) is 0 Å². The van der Waals surface area contributed by atoms with E-state index < -0.39 is 0 Å². The number of carbonyl (C=O) groups is 1. The monoisotopic (exact) mass is 642 g/mol. The number of piperidine rings is 2. The van der Waals surface area contributed by atoms with Crippen LogP contribution in [0.2, 0.25) is 0 Å². The summed E-state index contributed by atoms with van der Waals surface area (Å²) in [6.45, 7) is 9.53.